The fraction of sp³-hybridized carbons (Fsp3) is 0.923. The molecule has 0 radical (unpaired) electrons. The molecule has 4 nitrogen and oxygen atoms in total. The number of aliphatic hydroxyl groups excluding tert-OH is 1. The van der Waals surface area contributed by atoms with Gasteiger partial charge >= 0.3 is 0 Å². The number of rotatable bonds is 6. The van der Waals surface area contributed by atoms with Crippen LogP contribution in [0.15, 0.2) is 0 Å². The van der Waals surface area contributed by atoms with Crippen molar-refractivity contribution >= 4 is 5.91 Å². The minimum atomic E-state index is -0.324. The molecular weight excluding hydrogens is 216 g/mol. The van der Waals surface area contributed by atoms with Crippen LogP contribution in [0.4, 0.5) is 0 Å². The van der Waals surface area contributed by atoms with E-state index in [1.807, 2.05) is 7.05 Å². The van der Waals surface area contributed by atoms with E-state index in [0.29, 0.717) is 25.3 Å². The predicted molar refractivity (Wildman–Crippen MR) is 68.8 cm³/mol. The number of nitrogens with one attached hydrogen (secondary N) is 1. The lowest BCUT2D eigenvalue weighted by molar-refractivity contribution is -0.130. The third-order valence-corrected chi connectivity index (χ3v) is 3.53. The van der Waals surface area contributed by atoms with Gasteiger partial charge in [-0.25, -0.2) is 0 Å². The summed E-state index contributed by atoms with van der Waals surface area (Å²) in [5.41, 5.74) is 0. The first-order valence-corrected chi connectivity index (χ1v) is 6.72. The second-order valence-corrected chi connectivity index (χ2v) is 5.19. The molecule has 17 heavy (non-hydrogen) atoms. The zero-order valence-corrected chi connectivity index (χ0v) is 11.1. The molecule has 0 aliphatic carbocycles. The number of carbonyl (C=O) groups excluding carboxylic acids is 1. The van der Waals surface area contributed by atoms with Gasteiger partial charge < -0.3 is 15.3 Å². The Hall–Kier alpha value is -0.610. The normalized spacial score (nSPS) is 19.0. The van der Waals surface area contributed by atoms with Crippen molar-refractivity contribution in [2.45, 2.75) is 45.1 Å². The number of piperidine rings is 1. The van der Waals surface area contributed by atoms with E-state index in [2.05, 4.69) is 5.32 Å². The van der Waals surface area contributed by atoms with Gasteiger partial charge in [-0.05, 0) is 51.6 Å². The molecule has 1 aliphatic rings. The summed E-state index contributed by atoms with van der Waals surface area (Å²) in [6.45, 7) is 4.60. The van der Waals surface area contributed by atoms with Crippen molar-refractivity contribution in [2.75, 3.05) is 26.7 Å². The van der Waals surface area contributed by atoms with E-state index in [-0.39, 0.29) is 12.0 Å². The SMILES string of the molecule is CC(O)CCN(C)C(=O)CCC1CCNCC1. The van der Waals surface area contributed by atoms with E-state index in [0.717, 1.165) is 19.5 Å². The van der Waals surface area contributed by atoms with Gasteiger partial charge in [0.25, 0.3) is 0 Å². The molecular formula is C13H26N2O2. The average Bonchev–Trinajstić information content (AvgIpc) is 2.34. The van der Waals surface area contributed by atoms with Crippen LogP contribution < -0.4 is 5.32 Å². The molecule has 1 saturated heterocycles. The second-order valence-electron chi connectivity index (χ2n) is 5.19. The van der Waals surface area contributed by atoms with Crippen molar-refractivity contribution < 1.29 is 9.90 Å². The zero-order valence-electron chi connectivity index (χ0n) is 11.1. The molecule has 0 saturated carbocycles. The van der Waals surface area contributed by atoms with Crippen LogP contribution in [-0.4, -0.2) is 48.7 Å². The van der Waals surface area contributed by atoms with Gasteiger partial charge in [-0.2, -0.15) is 0 Å². The Morgan fingerprint density at radius 3 is 2.71 bits per heavy atom. The molecule has 0 spiro atoms. The molecule has 1 amide bonds. The Morgan fingerprint density at radius 2 is 2.12 bits per heavy atom. The highest BCUT2D eigenvalue weighted by Crippen LogP contribution is 2.18. The minimum Gasteiger partial charge on any atom is -0.393 e. The van der Waals surface area contributed by atoms with Crippen molar-refractivity contribution in [1.29, 1.82) is 0 Å². The molecule has 0 aromatic heterocycles. The molecule has 1 heterocycles. The number of carbonyl (C=O) groups is 1. The van der Waals surface area contributed by atoms with Gasteiger partial charge in [-0.3, -0.25) is 4.79 Å². The van der Waals surface area contributed by atoms with E-state index in [1.54, 1.807) is 11.8 Å². The second kappa shape index (κ2) is 7.67. The van der Waals surface area contributed by atoms with Crippen LogP contribution in [0.2, 0.25) is 0 Å². The van der Waals surface area contributed by atoms with Gasteiger partial charge in [0, 0.05) is 20.0 Å². The maximum absolute atomic E-state index is 11.8. The van der Waals surface area contributed by atoms with Gasteiger partial charge in [-0.15, -0.1) is 0 Å². The van der Waals surface area contributed by atoms with Gasteiger partial charge in [0.15, 0.2) is 0 Å². The molecule has 1 fully saturated rings. The monoisotopic (exact) mass is 242 g/mol. The number of nitrogens with zero attached hydrogens (tertiary/aromatic N) is 1. The summed E-state index contributed by atoms with van der Waals surface area (Å²) in [6.07, 6.45) is 4.40. The van der Waals surface area contributed by atoms with E-state index in [9.17, 15) is 9.90 Å². The first-order chi connectivity index (χ1) is 8.09. The zero-order chi connectivity index (χ0) is 12.7. The first-order valence-electron chi connectivity index (χ1n) is 6.72. The summed E-state index contributed by atoms with van der Waals surface area (Å²) in [7, 11) is 1.83. The van der Waals surface area contributed by atoms with Crippen molar-refractivity contribution in [2.24, 2.45) is 5.92 Å². The summed E-state index contributed by atoms with van der Waals surface area (Å²) in [5, 5.41) is 12.5. The molecule has 1 aliphatic heterocycles. The molecule has 100 valence electrons. The Kier molecular flexibility index (Phi) is 6.52. The number of hydrogen-bond donors (Lipinski definition) is 2. The van der Waals surface area contributed by atoms with E-state index in [4.69, 9.17) is 0 Å². The van der Waals surface area contributed by atoms with Gasteiger partial charge in [-0.1, -0.05) is 0 Å². The quantitative estimate of drug-likeness (QED) is 0.730. The van der Waals surface area contributed by atoms with Gasteiger partial charge in [0.2, 0.25) is 5.91 Å². The smallest absolute Gasteiger partial charge is 0.222 e. The summed E-state index contributed by atoms with van der Waals surface area (Å²) in [4.78, 5) is 13.6. The van der Waals surface area contributed by atoms with Crippen LogP contribution in [-0.2, 0) is 4.79 Å². The Morgan fingerprint density at radius 1 is 1.47 bits per heavy atom. The molecule has 0 aromatic carbocycles. The minimum absolute atomic E-state index is 0.212. The van der Waals surface area contributed by atoms with Crippen LogP contribution in [0.1, 0.15) is 39.0 Å². The summed E-state index contributed by atoms with van der Waals surface area (Å²) >= 11 is 0. The standard InChI is InChI=1S/C13H26N2O2/c1-11(16)7-10-15(2)13(17)4-3-12-5-8-14-9-6-12/h11-12,14,16H,3-10H2,1-2H3. The highest BCUT2D eigenvalue weighted by atomic mass is 16.3. The van der Waals surface area contributed by atoms with Crippen LogP contribution >= 0.6 is 0 Å². The lowest BCUT2D eigenvalue weighted by Crippen LogP contribution is -2.31. The molecule has 2 N–H and O–H groups in total. The molecule has 0 bridgehead atoms. The largest absolute Gasteiger partial charge is 0.393 e. The molecule has 4 heteroatoms. The third-order valence-electron chi connectivity index (χ3n) is 3.53. The van der Waals surface area contributed by atoms with Crippen LogP contribution in [0.25, 0.3) is 0 Å². The van der Waals surface area contributed by atoms with Crippen molar-refractivity contribution in [3.05, 3.63) is 0 Å². The van der Waals surface area contributed by atoms with Crippen LogP contribution in [0.5, 0.6) is 0 Å². The Balaban J connectivity index is 2.14. The van der Waals surface area contributed by atoms with Gasteiger partial charge in [0.05, 0.1) is 6.10 Å². The fourth-order valence-electron chi connectivity index (χ4n) is 2.19. The predicted octanol–water partition coefficient (Wildman–Crippen LogP) is 0.995. The fourth-order valence-corrected chi connectivity index (χ4v) is 2.19. The highest BCUT2D eigenvalue weighted by molar-refractivity contribution is 5.75. The highest BCUT2D eigenvalue weighted by Gasteiger charge is 2.16. The molecule has 1 unspecified atom stereocenters. The Labute approximate surface area is 104 Å². The molecule has 1 atom stereocenters. The van der Waals surface area contributed by atoms with Crippen molar-refractivity contribution in [3.8, 4) is 0 Å². The first kappa shape index (κ1) is 14.5. The van der Waals surface area contributed by atoms with E-state index < -0.39 is 0 Å². The van der Waals surface area contributed by atoms with Crippen molar-refractivity contribution in [1.82, 2.24) is 10.2 Å². The van der Waals surface area contributed by atoms with Crippen LogP contribution in [0, 0.1) is 5.92 Å². The summed E-state index contributed by atoms with van der Waals surface area (Å²) in [5.74, 6) is 0.926. The lowest BCUT2D eigenvalue weighted by Gasteiger charge is -2.23. The van der Waals surface area contributed by atoms with E-state index >= 15 is 0 Å². The van der Waals surface area contributed by atoms with Crippen LogP contribution in [0.3, 0.4) is 0 Å². The van der Waals surface area contributed by atoms with Gasteiger partial charge in [0.1, 0.15) is 0 Å². The number of aliphatic hydroxyl groups is 1. The maximum Gasteiger partial charge on any atom is 0.222 e. The number of amides is 1. The topological polar surface area (TPSA) is 52.6 Å². The summed E-state index contributed by atoms with van der Waals surface area (Å²) < 4.78 is 0. The average molecular weight is 242 g/mol. The number of hydrogen-bond acceptors (Lipinski definition) is 3. The summed E-state index contributed by atoms with van der Waals surface area (Å²) in [6, 6.07) is 0. The third kappa shape index (κ3) is 6.03. The molecule has 0 aromatic rings. The molecule has 1 rings (SSSR count). The maximum atomic E-state index is 11.8. The van der Waals surface area contributed by atoms with E-state index in [1.165, 1.54) is 12.8 Å². The van der Waals surface area contributed by atoms with Crippen molar-refractivity contribution in [3.63, 3.8) is 0 Å². The lowest BCUT2D eigenvalue weighted by atomic mass is 9.93. The Bertz CT molecular complexity index is 225.